The van der Waals surface area contributed by atoms with Crippen LogP contribution in [0.15, 0.2) is 18.2 Å². The summed E-state index contributed by atoms with van der Waals surface area (Å²) in [6.07, 6.45) is 3.84. The van der Waals surface area contributed by atoms with Crippen LogP contribution < -0.4 is 10.6 Å². The lowest BCUT2D eigenvalue weighted by Crippen LogP contribution is -2.36. The van der Waals surface area contributed by atoms with Crippen molar-refractivity contribution < 1.29 is 5.11 Å². The molecular weight excluding hydrogens is 250 g/mol. The second kappa shape index (κ2) is 5.26. The Balaban J connectivity index is 1.81. The standard InChI is InChI=1S/C16H25N3O/c1-11(17)15-6-5-13(9-16(15)20)19-8-7-12-3-4-14(10-19)18(12)2/h5-6,9,11-12,14,20H,3-4,7-8,10,17H2,1-2H3. The summed E-state index contributed by atoms with van der Waals surface area (Å²) in [4.78, 5) is 4.95. The monoisotopic (exact) mass is 275 g/mol. The van der Waals surface area contributed by atoms with Crippen molar-refractivity contribution in [2.45, 2.75) is 44.3 Å². The lowest BCUT2D eigenvalue weighted by molar-refractivity contribution is 0.254. The van der Waals surface area contributed by atoms with Gasteiger partial charge in [0.25, 0.3) is 0 Å². The Labute approximate surface area is 121 Å². The Morgan fingerprint density at radius 1 is 1.25 bits per heavy atom. The van der Waals surface area contributed by atoms with Crippen molar-refractivity contribution in [1.82, 2.24) is 4.90 Å². The van der Waals surface area contributed by atoms with E-state index in [1.54, 1.807) is 0 Å². The zero-order chi connectivity index (χ0) is 14.3. The van der Waals surface area contributed by atoms with Crippen molar-refractivity contribution in [2.24, 2.45) is 5.73 Å². The molecule has 4 heteroatoms. The first-order valence-electron chi connectivity index (χ1n) is 7.61. The van der Waals surface area contributed by atoms with E-state index in [9.17, 15) is 5.11 Å². The van der Waals surface area contributed by atoms with Gasteiger partial charge in [-0.2, -0.15) is 0 Å². The van der Waals surface area contributed by atoms with Gasteiger partial charge >= 0.3 is 0 Å². The molecule has 20 heavy (non-hydrogen) atoms. The molecule has 0 aliphatic carbocycles. The number of fused-ring (bicyclic) bond motifs is 2. The SMILES string of the molecule is CC(N)c1ccc(N2CCC3CCC(C2)N3C)cc1O. The van der Waals surface area contributed by atoms with Gasteiger partial charge in [0.05, 0.1) is 0 Å². The van der Waals surface area contributed by atoms with Gasteiger partial charge < -0.3 is 15.7 Å². The van der Waals surface area contributed by atoms with Crippen LogP contribution in [0.25, 0.3) is 0 Å². The maximum absolute atomic E-state index is 10.1. The topological polar surface area (TPSA) is 52.7 Å². The molecule has 3 rings (SSSR count). The van der Waals surface area contributed by atoms with E-state index in [1.165, 1.54) is 19.3 Å². The zero-order valence-electron chi connectivity index (χ0n) is 12.4. The molecule has 3 atom stereocenters. The highest BCUT2D eigenvalue weighted by Gasteiger charge is 2.34. The summed E-state index contributed by atoms with van der Waals surface area (Å²) in [6.45, 7) is 4.03. The third-order valence-corrected chi connectivity index (χ3v) is 5.02. The summed E-state index contributed by atoms with van der Waals surface area (Å²) >= 11 is 0. The number of hydrogen-bond acceptors (Lipinski definition) is 4. The first kappa shape index (κ1) is 13.7. The Bertz CT molecular complexity index is 489. The molecule has 2 fully saturated rings. The molecule has 0 aromatic heterocycles. The number of phenolic OH excluding ortho intramolecular Hbond substituents is 1. The molecule has 0 saturated carbocycles. The Hall–Kier alpha value is -1.26. The van der Waals surface area contributed by atoms with Crippen LogP contribution in [-0.4, -0.2) is 42.2 Å². The third kappa shape index (κ3) is 2.38. The molecule has 2 heterocycles. The summed E-state index contributed by atoms with van der Waals surface area (Å²) in [5.41, 5.74) is 7.80. The number of benzene rings is 1. The molecule has 0 amide bonds. The quantitative estimate of drug-likeness (QED) is 0.868. The van der Waals surface area contributed by atoms with E-state index >= 15 is 0 Å². The average molecular weight is 275 g/mol. The van der Waals surface area contributed by atoms with Gasteiger partial charge in [0.1, 0.15) is 5.75 Å². The normalized spacial score (nSPS) is 28.4. The van der Waals surface area contributed by atoms with Crippen LogP contribution in [0.2, 0.25) is 0 Å². The molecule has 110 valence electrons. The second-order valence-electron chi connectivity index (χ2n) is 6.32. The van der Waals surface area contributed by atoms with Gasteiger partial charge in [0.15, 0.2) is 0 Å². The number of likely N-dealkylation sites (N-methyl/N-ethyl adjacent to an activating group) is 1. The van der Waals surface area contributed by atoms with Crippen molar-refractivity contribution in [3.05, 3.63) is 23.8 Å². The van der Waals surface area contributed by atoms with Gasteiger partial charge in [-0.05, 0) is 39.3 Å². The number of rotatable bonds is 2. The highest BCUT2D eigenvalue weighted by molar-refractivity contribution is 5.54. The number of nitrogens with zero attached hydrogens (tertiary/aromatic N) is 2. The van der Waals surface area contributed by atoms with Gasteiger partial charge in [-0.1, -0.05) is 6.07 Å². The summed E-state index contributed by atoms with van der Waals surface area (Å²) in [5, 5.41) is 10.1. The van der Waals surface area contributed by atoms with Crippen LogP contribution in [-0.2, 0) is 0 Å². The molecule has 4 nitrogen and oxygen atoms in total. The summed E-state index contributed by atoms with van der Waals surface area (Å²) in [5.74, 6) is 0.320. The van der Waals surface area contributed by atoms with Gasteiger partial charge in [0, 0.05) is 48.5 Å². The van der Waals surface area contributed by atoms with Crippen LogP contribution >= 0.6 is 0 Å². The van der Waals surface area contributed by atoms with Crippen molar-refractivity contribution in [3.8, 4) is 5.75 Å². The second-order valence-corrected chi connectivity index (χ2v) is 6.32. The van der Waals surface area contributed by atoms with E-state index < -0.39 is 0 Å². The van der Waals surface area contributed by atoms with Crippen LogP contribution in [0.5, 0.6) is 5.75 Å². The third-order valence-electron chi connectivity index (χ3n) is 5.02. The van der Waals surface area contributed by atoms with Crippen LogP contribution in [0.3, 0.4) is 0 Å². The van der Waals surface area contributed by atoms with Gasteiger partial charge in [-0.15, -0.1) is 0 Å². The van der Waals surface area contributed by atoms with Crippen molar-refractivity contribution in [1.29, 1.82) is 0 Å². The fourth-order valence-corrected chi connectivity index (χ4v) is 3.66. The Morgan fingerprint density at radius 3 is 2.70 bits per heavy atom. The minimum Gasteiger partial charge on any atom is -0.508 e. The van der Waals surface area contributed by atoms with E-state index in [4.69, 9.17) is 5.73 Å². The zero-order valence-corrected chi connectivity index (χ0v) is 12.4. The molecule has 0 radical (unpaired) electrons. The summed E-state index contributed by atoms with van der Waals surface area (Å²) in [7, 11) is 2.25. The summed E-state index contributed by atoms with van der Waals surface area (Å²) < 4.78 is 0. The molecule has 2 aliphatic rings. The first-order valence-corrected chi connectivity index (χ1v) is 7.61. The molecule has 2 aliphatic heterocycles. The van der Waals surface area contributed by atoms with E-state index in [0.29, 0.717) is 11.8 Å². The lowest BCUT2D eigenvalue weighted by Gasteiger charge is -2.28. The van der Waals surface area contributed by atoms with Crippen LogP contribution in [0.1, 0.15) is 37.8 Å². The van der Waals surface area contributed by atoms with Crippen LogP contribution in [0.4, 0.5) is 5.69 Å². The molecule has 2 saturated heterocycles. The van der Waals surface area contributed by atoms with Gasteiger partial charge in [-0.25, -0.2) is 0 Å². The van der Waals surface area contributed by atoms with Crippen molar-refractivity contribution >= 4 is 5.69 Å². The van der Waals surface area contributed by atoms with Crippen molar-refractivity contribution in [2.75, 3.05) is 25.0 Å². The molecule has 1 aromatic rings. The minimum absolute atomic E-state index is 0.129. The maximum Gasteiger partial charge on any atom is 0.122 e. The van der Waals surface area contributed by atoms with Crippen LogP contribution in [0, 0.1) is 0 Å². The number of hydrogen-bond donors (Lipinski definition) is 2. The molecule has 1 aromatic carbocycles. The van der Waals surface area contributed by atoms with Crippen molar-refractivity contribution in [3.63, 3.8) is 0 Å². The largest absolute Gasteiger partial charge is 0.508 e. The molecular formula is C16H25N3O. The first-order chi connectivity index (χ1) is 9.56. The fourth-order valence-electron chi connectivity index (χ4n) is 3.66. The van der Waals surface area contributed by atoms with Gasteiger partial charge in [0.2, 0.25) is 0 Å². The molecule has 3 unspecified atom stereocenters. The number of nitrogens with two attached hydrogens (primary N) is 1. The van der Waals surface area contributed by atoms with E-state index in [-0.39, 0.29) is 6.04 Å². The summed E-state index contributed by atoms with van der Waals surface area (Å²) in [6, 6.07) is 7.19. The fraction of sp³-hybridized carbons (Fsp3) is 0.625. The number of anilines is 1. The highest BCUT2D eigenvalue weighted by Crippen LogP contribution is 2.33. The average Bonchev–Trinajstić information content (AvgIpc) is 2.62. The number of phenols is 1. The lowest BCUT2D eigenvalue weighted by atomic mass is 10.1. The molecule has 3 N–H and O–H groups in total. The minimum atomic E-state index is -0.129. The highest BCUT2D eigenvalue weighted by atomic mass is 16.3. The molecule has 2 bridgehead atoms. The predicted octanol–water partition coefficient (Wildman–Crippen LogP) is 2.08. The Kier molecular flexibility index (Phi) is 3.61. The maximum atomic E-state index is 10.1. The van der Waals surface area contributed by atoms with E-state index in [0.717, 1.165) is 30.4 Å². The van der Waals surface area contributed by atoms with E-state index in [2.05, 4.69) is 22.9 Å². The molecule has 0 spiro atoms. The smallest absolute Gasteiger partial charge is 0.122 e. The van der Waals surface area contributed by atoms with E-state index in [1.807, 2.05) is 19.1 Å². The number of aromatic hydroxyl groups is 1. The van der Waals surface area contributed by atoms with Gasteiger partial charge in [-0.3, -0.25) is 4.90 Å². The Morgan fingerprint density at radius 2 is 2.00 bits per heavy atom. The predicted molar refractivity (Wildman–Crippen MR) is 82.1 cm³/mol.